The second-order valence-corrected chi connectivity index (χ2v) is 4.50. The Labute approximate surface area is 106 Å². The highest BCUT2D eigenvalue weighted by Crippen LogP contribution is 2.36. The first-order valence-electron chi connectivity index (χ1n) is 6.36. The molecular formula is C13H18N2O3. The first-order chi connectivity index (χ1) is 8.72. The van der Waals surface area contributed by atoms with Crippen LogP contribution >= 0.6 is 0 Å². The molecule has 1 saturated carbocycles. The van der Waals surface area contributed by atoms with E-state index in [0.29, 0.717) is 18.0 Å². The smallest absolute Gasteiger partial charge is 0.333 e. The van der Waals surface area contributed by atoms with E-state index < -0.39 is 0 Å². The Bertz CT molecular complexity index is 430. The van der Waals surface area contributed by atoms with Crippen LogP contribution in [0.5, 0.6) is 5.75 Å². The number of rotatable bonds is 7. The predicted molar refractivity (Wildman–Crippen MR) is 70.1 cm³/mol. The van der Waals surface area contributed by atoms with Gasteiger partial charge in [-0.2, -0.15) is 0 Å². The number of benzene rings is 1. The fourth-order valence-corrected chi connectivity index (χ4v) is 1.94. The van der Waals surface area contributed by atoms with E-state index in [0.717, 1.165) is 18.9 Å². The Morgan fingerprint density at radius 2 is 2.28 bits per heavy atom. The molecule has 98 valence electrons. The van der Waals surface area contributed by atoms with Gasteiger partial charge in [-0.15, -0.1) is 0 Å². The number of hydrogen-bond acceptors (Lipinski definition) is 4. The van der Waals surface area contributed by atoms with Crippen molar-refractivity contribution in [1.29, 1.82) is 0 Å². The van der Waals surface area contributed by atoms with Gasteiger partial charge in [0.15, 0.2) is 5.75 Å². The molecule has 1 N–H and O–H groups in total. The lowest BCUT2D eigenvalue weighted by atomic mass is 10.2. The zero-order valence-electron chi connectivity index (χ0n) is 10.5. The average Bonchev–Trinajstić information content (AvgIpc) is 3.13. The normalized spacial score (nSPS) is 14.3. The van der Waals surface area contributed by atoms with Crippen LogP contribution in [-0.2, 0) is 0 Å². The SMILES string of the molecule is CCOc1cccc(NCCC2CC2)c1[N+](=O)[O-]. The average molecular weight is 250 g/mol. The number of nitro groups is 1. The second-order valence-electron chi connectivity index (χ2n) is 4.50. The molecule has 1 fully saturated rings. The maximum atomic E-state index is 11.1. The summed E-state index contributed by atoms with van der Waals surface area (Å²) in [6, 6.07) is 5.14. The van der Waals surface area contributed by atoms with E-state index in [1.54, 1.807) is 18.2 Å². The number of ether oxygens (including phenoxy) is 1. The number of nitrogens with one attached hydrogen (secondary N) is 1. The monoisotopic (exact) mass is 250 g/mol. The minimum absolute atomic E-state index is 0.0372. The standard InChI is InChI=1S/C13H18N2O3/c1-2-18-12-5-3-4-11(13(12)15(16)17)14-9-8-10-6-7-10/h3-5,10,14H,2,6-9H2,1H3. The number of para-hydroxylation sites is 1. The predicted octanol–water partition coefficient (Wildman–Crippen LogP) is 3.21. The van der Waals surface area contributed by atoms with Gasteiger partial charge in [-0.05, 0) is 31.4 Å². The topological polar surface area (TPSA) is 64.4 Å². The summed E-state index contributed by atoms with van der Waals surface area (Å²) in [4.78, 5) is 10.7. The summed E-state index contributed by atoms with van der Waals surface area (Å²) in [7, 11) is 0. The fraction of sp³-hybridized carbons (Fsp3) is 0.538. The fourth-order valence-electron chi connectivity index (χ4n) is 1.94. The van der Waals surface area contributed by atoms with Crippen LogP contribution in [0.15, 0.2) is 18.2 Å². The Kier molecular flexibility index (Phi) is 4.02. The van der Waals surface area contributed by atoms with Crippen molar-refractivity contribution in [3.8, 4) is 5.75 Å². The maximum Gasteiger partial charge on any atom is 0.333 e. The van der Waals surface area contributed by atoms with Crippen molar-refractivity contribution >= 4 is 11.4 Å². The quantitative estimate of drug-likeness (QED) is 0.596. The van der Waals surface area contributed by atoms with Crippen LogP contribution in [-0.4, -0.2) is 18.1 Å². The van der Waals surface area contributed by atoms with E-state index in [4.69, 9.17) is 4.74 Å². The van der Waals surface area contributed by atoms with Gasteiger partial charge in [0, 0.05) is 6.54 Å². The third-order valence-corrected chi connectivity index (χ3v) is 3.05. The summed E-state index contributed by atoms with van der Waals surface area (Å²) >= 11 is 0. The third kappa shape index (κ3) is 3.12. The zero-order valence-corrected chi connectivity index (χ0v) is 10.5. The van der Waals surface area contributed by atoms with Gasteiger partial charge in [0.05, 0.1) is 11.5 Å². The highest BCUT2D eigenvalue weighted by Gasteiger charge is 2.23. The third-order valence-electron chi connectivity index (χ3n) is 3.05. The van der Waals surface area contributed by atoms with E-state index in [2.05, 4.69) is 5.32 Å². The molecule has 5 nitrogen and oxygen atoms in total. The molecule has 0 aromatic heterocycles. The van der Waals surface area contributed by atoms with Crippen LogP contribution in [0.3, 0.4) is 0 Å². The number of nitro benzene ring substituents is 1. The molecule has 0 heterocycles. The lowest BCUT2D eigenvalue weighted by Gasteiger charge is -2.10. The summed E-state index contributed by atoms with van der Waals surface area (Å²) in [5, 5.41) is 14.3. The summed E-state index contributed by atoms with van der Waals surface area (Å²) < 4.78 is 5.30. The van der Waals surface area contributed by atoms with Crippen molar-refractivity contribution in [3.63, 3.8) is 0 Å². The molecule has 1 aliphatic rings. The van der Waals surface area contributed by atoms with Crippen LogP contribution in [0.1, 0.15) is 26.2 Å². The minimum atomic E-state index is -0.384. The Balaban J connectivity index is 2.10. The lowest BCUT2D eigenvalue weighted by molar-refractivity contribution is -0.384. The molecule has 18 heavy (non-hydrogen) atoms. The van der Waals surface area contributed by atoms with E-state index in [-0.39, 0.29) is 10.6 Å². The van der Waals surface area contributed by atoms with Crippen molar-refractivity contribution in [2.45, 2.75) is 26.2 Å². The summed E-state index contributed by atoms with van der Waals surface area (Å²) in [6.45, 7) is 3.02. The Morgan fingerprint density at radius 3 is 2.89 bits per heavy atom. The molecule has 5 heteroatoms. The van der Waals surface area contributed by atoms with E-state index in [1.165, 1.54) is 12.8 Å². The van der Waals surface area contributed by atoms with Crippen LogP contribution in [0.25, 0.3) is 0 Å². The molecule has 0 aliphatic heterocycles. The zero-order chi connectivity index (χ0) is 13.0. The first kappa shape index (κ1) is 12.7. The van der Waals surface area contributed by atoms with Gasteiger partial charge in [0.1, 0.15) is 5.69 Å². The number of anilines is 1. The van der Waals surface area contributed by atoms with E-state index >= 15 is 0 Å². The van der Waals surface area contributed by atoms with Crippen molar-refractivity contribution in [2.75, 3.05) is 18.5 Å². The molecule has 0 radical (unpaired) electrons. The van der Waals surface area contributed by atoms with E-state index in [1.807, 2.05) is 6.92 Å². The van der Waals surface area contributed by atoms with Gasteiger partial charge in [0.2, 0.25) is 0 Å². The van der Waals surface area contributed by atoms with E-state index in [9.17, 15) is 10.1 Å². The molecule has 1 aromatic rings. The lowest BCUT2D eigenvalue weighted by Crippen LogP contribution is -2.06. The van der Waals surface area contributed by atoms with Gasteiger partial charge in [-0.3, -0.25) is 10.1 Å². The van der Waals surface area contributed by atoms with Crippen LogP contribution in [0.2, 0.25) is 0 Å². The Morgan fingerprint density at radius 1 is 1.50 bits per heavy atom. The molecule has 1 aromatic carbocycles. The van der Waals surface area contributed by atoms with Gasteiger partial charge in [-0.1, -0.05) is 18.9 Å². The van der Waals surface area contributed by atoms with Gasteiger partial charge >= 0.3 is 5.69 Å². The van der Waals surface area contributed by atoms with Crippen molar-refractivity contribution in [2.24, 2.45) is 5.92 Å². The molecular weight excluding hydrogens is 232 g/mol. The molecule has 0 saturated heterocycles. The van der Waals surface area contributed by atoms with Gasteiger partial charge in [0.25, 0.3) is 0 Å². The highest BCUT2D eigenvalue weighted by molar-refractivity contribution is 5.68. The van der Waals surface area contributed by atoms with Crippen LogP contribution in [0, 0.1) is 16.0 Å². The summed E-state index contributed by atoms with van der Waals surface area (Å²) in [5.74, 6) is 1.14. The van der Waals surface area contributed by atoms with Gasteiger partial charge in [-0.25, -0.2) is 0 Å². The van der Waals surface area contributed by atoms with Crippen molar-refractivity contribution < 1.29 is 9.66 Å². The molecule has 1 aliphatic carbocycles. The number of nitrogens with zero attached hydrogens (tertiary/aromatic N) is 1. The first-order valence-corrected chi connectivity index (χ1v) is 6.36. The summed E-state index contributed by atoms with van der Waals surface area (Å²) in [6.07, 6.45) is 3.67. The molecule has 0 unspecified atom stereocenters. The van der Waals surface area contributed by atoms with Crippen LogP contribution < -0.4 is 10.1 Å². The molecule has 0 spiro atoms. The molecule has 0 amide bonds. The maximum absolute atomic E-state index is 11.1. The van der Waals surface area contributed by atoms with Gasteiger partial charge < -0.3 is 10.1 Å². The minimum Gasteiger partial charge on any atom is -0.487 e. The summed E-state index contributed by atoms with van der Waals surface area (Å²) in [5.41, 5.74) is 0.585. The molecule has 0 atom stereocenters. The second kappa shape index (κ2) is 5.71. The van der Waals surface area contributed by atoms with Crippen molar-refractivity contribution in [3.05, 3.63) is 28.3 Å². The van der Waals surface area contributed by atoms with Crippen LogP contribution in [0.4, 0.5) is 11.4 Å². The molecule has 0 bridgehead atoms. The number of hydrogen-bond donors (Lipinski definition) is 1. The molecule has 2 rings (SSSR count). The largest absolute Gasteiger partial charge is 0.487 e. The van der Waals surface area contributed by atoms with Crippen molar-refractivity contribution in [1.82, 2.24) is 0 Å². The highest BCUT2D eigenvalue weighted by atomic mass is 16.6. The Hall–Kier alpha value is -1.78.